The van der Waals surface area contributed by atoms with E-state index in [4.69, 9.17) is 0 Å². The van der Waals surface area contributed by atoms with E-state index in [1.165, 1.54) is 5.00 Å². The molecule has 1 aromatic heterocycles. The number of Topliss-reactive ketones (excluding diaryl/α,β-unsaturated/α-hetero) is 1. The Morgan fingerprint density at radius 2 is 2.14 bits per heavy atom. The number of carbonyl (C=O) groups is 1. The number of anilines is 1. The van der Waals surface area contributed by atoms with Gasteiger partial charge in [-0.3, -0.25) is 4.79 Å². The predicted molar refractivity (Wildman–Crippen MR) is 59.4 cm³/mol. The van der Waals surface area contributed by atoms with Crippen LogP contribution in [0.5, 0.6) is 0 Å². The fourth-order valence-corrected chi connectivity index (χ4v) is 2.52. The maximum absolute atomic E-state index is 11.1. The third-order valence-corrected chi connectivity index (χ3v) is 3.61. The number of rotatable bonds is 2. The minimum atomic E-state index is 0.163. The van der Waals surface area contributed by atoms with Gasteiger partial charge in [-0.1, -0.05) is 0 Å². The van der Waals surface area contributed by atoms with Gasteiger partial charge in [0.25, 0.3) is 0 Å². The van der Waals surface area contributed by atoms with Crippen LogP contribution in [0.15, 0.2) is 12.1 Å². The van der Waals surface area contributed by atoms with Crippen molar-refractivity contribution in [2.75, 3.05) is 31.1 Å². The lowest BCUT2D eigenvalue weighted by molar-refractivity contribution is 0.102. The summed E-state index contributed by atoms with van der Waals surface area (Å²) in [5.74, 6) is 0.163. The predicted octanol–water partition coefficient (Wildman–Crippen LogP) is 1.36. The number of piperazine rings is 1. The Bertz CT molecular complexity index is 329. The molecule has 1 N–H and O–H groups in total. The Hall–Kier alpha value is -0.870. The van der Waals surface area contributed by atoms with Gasteiger partial charge in [0.15, 0.2) is 5.78 Å². The first-order chi connectivity index (χ1) is 6.77. The van der Waals surface area contributed by atoms with Crippen LogP contribution >= 0.6 is 11.3 Å². The van der Waals surface area contributed by atoms with Crippen LogP contribution in [0.3, 0.4) is 0 Å². The number of thiophene rings is 1. The van der Waals surface area contributed by atoms with Gasteiger partial charge in [-0.15, -0.1) is 11.3 Å². The minimum absolute atomic E-state index is 0.163. The first-order valence-electron chi connectivity index (χ1n) is 4.84. The molecular formula is C10H14N2OS. The van der Waals surface area contributed by atoms with Crippen molar-refractivity contribution in [3.05, 3.63) is 17.0 Å². The van der Waals surface area contributed by atoms with Gasteiger partial charge in [0.2, 0.25) is 0 Å². The van der Waals surface area contributed by atoms with Crippen molar-refractivity contribution in [3.8, 4) is 0 Å². The number of nitrogens with one attached hydrogen (secondary N) is 1. The van der Waals surface area contributed by atoms with Crippen molar-refractivity contribution in [2.24, 2.45) is 0 Å². The molecule has 0 atom stereocenters. The number of ketones is 1. The second-order valence-electron chi connectivity index (χ2n) is 3.43. The summed E-state index contributed by atoms with van der Waals surface area (Å²) >= 11 is 1.60. The molecule has 1 aromatic rings. The molecule has 1 aliphatic heterocycles. The van der Waals surface area contributed by atoms with E-state index in [1.54, 1.807) is 18.3 Å². The quantitative estimate of drug-likeness (QED) is 0.748. The lowest BCUT2D eigenvalue weighted by Crippen LogP contribution is -2.43. The molecule has 0 aromatic carbocycles. The molecule has 1 aliphatic rings. The monoisotopic (exact) mass is 210 g/mol. The average Bonchev–Trinajstić information content (AvgIpc) is 2.68. The highest BCUT2D eigenvalue weighted by Crippen LogP contribution is 2.26. The van der Waals surface area contributed by atoms with Gasteiger partial charge in [0.1, 0.15) is 0 Å². The van der Waals surface area contributed by atoms with Crippen LogP contribution in [-0.2, 0) is 0 Å². The second kappa shape index (κ2) is 4.11. The maximum Gasteiger partial charge on any atom is 0.169 e. The topological polar surface area (TPSA) is 32.3 Å². The molecule has 4 heteroatoms. The van der Waals surface area contributed by atoms with E-state index < -0.39 is 0 Å². The molecule has 0 saturated carbocycles. The fourth-order valence-electron chi connectivity index (χ4n) is 1.57. The summed E-state index contributed by atoms with van der Waals surface area (Å²) in [5, 5.41) is 4.53. The molecule has 0 amide bonds. The Kier molecular flexibility index (Phi) is 2.84. The lowest BCUT2D eigenvalue weighted by atomic mass is 10.3. The zero-order chi connectivity index (χ0) is 9.97. The van der Waals surface area contributed by atoms with Crippen molar-refractivity contribution in [2.45, 2.75) is 6.92 Å². The number of hydrogen-bond donors (Lipinski definition) is 1. The van der Waals surface area contributed by atoms with Crippen LogP contribution < -0.4 is 10.2 Å². The third kappa shape index (κ3) is 1.96. The van der Waals surface area contributed by atoms with Crippen LogP contribution in [0.25, 0.3) is 0 Å². The van der Waals surface area contributed by atoms with E-state index >= 15 is 0 Å². The zero-order valence-electron chi connectivity index (χ0n) is 8.25. The summed E-state index contributed by atoms with van der Waals surface area (Å²) in [4.78, 5) is 14.3. The Morgan fingerprint density at radius 1 is 1.43 bits per heavy atom. The van der Waals surface area contributed by atoms with Gasteiger partial charge < -0.3 is 10.2 Å². The molecule has 2 rings (SSSR count). The first kappa shape index (κ1) is 9.68. The molecule has 0 aliphatic carbocycles. The minimum Gasteiger partial charge on any atom is -0.361 e. The summed E-state index contributed by atoms with van der Waals surface area (Å²) in [6.45, 7) is 5.77. The van der Waals surface area contributed by atoms with Crippen molar-refractivity contribution in [1.29, 1.82) is 0 Å². The highest BCUT2D eigenvalue weighted by atomic mass is 32.1. The van der Waals surface area contributed by atoms with Crippen LogP contribution in [0.2, 0.25) is 0 Å². The van der Waals surface area contributed by atoms with E-state index in [1.807, 2.05) is 12.1 Å². The van der Waals surface area contributed by atoms with Crippen LogP contribution in [-0.4, -0.2) is 32.0 Å². The van der Waals surface area contributed by atoms with E-state index in [0.29, 0.717) is 0 Å². The molecule has 1 saturated heterocycles. The molecule has 76 valence electrons. The number of nitrogens with zero attached hydrogens (tertiary/aromatic N) is 1. The van der Waals surface area contributed by atoms with Gasteiger partial charge in [-0.05, 0) is 19.1 Å². The lowest BCUT2D eigenvalue weighted by Gasteiger charge is -2.27. The van der Waals surface area contributed by atoms with E-state index in [9.17, 15) is 4.79 Å². The summed E-state index contributed by atoms with van der Waals surface area (Å²) < 4.78 is 0. The normalized spacial score (nSPS) is 17.1. The van der Waals surface area contributed by atoms with Crippen LogP contribution in [0.4, 0.5) is 5.00 Å². The van der Waals surface area contributed by atoms with Crippen molar-refractivity contribution in [1.82, 2.24) is 5.32 Å². The summed E-state index contributed by atoms with van der Waals surface area (Å²) in [6.07, 6.45) is 0. The van der Waals surface area contributed by atoms with Gasteiger partial charge >= 0.3 is 0 Å². The SMILES string of the molecule is CC(=O)c1ccc(N2CCNCC2)s1. The molecule has 3 nitrogen and oxygen atoms in total. The fraction of sp³-hybridized carbons (Fsp3) is 0.500. The highest BCUT2D eigenvalue weighted by molar-refractivity contribution is 7.18. The van der Waals surface area contributed by atoms with Crippen LogP contribution in [0, 0.1) is 0 Å². The Balaban J connectivity index is 2.11. The average molecular weight is 210 g/mol. The Labute approximate surface area is 87.7 Å². The molecule has 2 heterocycles. The molecule has 14 heavy (non-hydrogen) atoms. The van der Waals surface area contributed by atoms with Crippen molar-refractivity contribution in [3.63, 3.8) is 0 Å². The highest BCUT2D eigenvalue weighted by Gasteiger charge is 2.13. The molecule has 0 bridgehead atoms. The van der Waals surface area contributed by atoms with Gasteiger partial charge in [-0.25, -0.2) is 0 Å². The smallest absolute Gasteiger partial charge is 0.169 e. The van der Waals surface area contributed by atoms with Gasteiger partial charge in [-0.2, -0.15) is 0 Å². The van der Waals surface area contributed by atoms with Gasteiger partial charge in [0, 0.05) is 26.2 Å². The molecular weight excluding hydrogens is 196 g/mol. The van der Waals surface area contributed by atoms with Gasteiger partial charge in [0.05, 0.1) is 9.88 Å². The maximum atomic E-state index is 11.1. The molecule has 0 spiro atoms. The van der Waals surface area contributed by atoms with Crippen molar-refractivity contribution >= 4 is 22.1 Å². The summed E-state index contributed by atoms with van der Waals surface area (Å²) in [7, 11) is 0. The number of carbonyl (C=O) groups excluding carboxylic acids is 1. The standard InChI is InChI=1S/C10H14N2OS/c1-8(13)9-2-3-10(14-9)12-6-4-11-5-7-12/h2-3,11H,4-7H2,1H3. The number of hydrogen-bond acceptors (Lipinski definition) is 4. The largest absolute Gasteiger partial charge is 0.361 e. The van der Waals surface area contributed by atoms with Crippen LogP contribution in [0.1, 0.15) is 16.6 Å². The van der Waals surface area contributed by atoms with E-state index in [0.717, 1.165) is 31.1 Å². The third-order valence-electron chi connectivity index (χ3n) is 2.37. The van der Waals surface area contributed by atoms with E-state index in [-0.39, 0.29) is 5.78 Å². The molecule has 0 unspecified atom stereocenters. The molecule has 1 fully saturated rings. The zero-order valence-corrected chi connectivity index (χ0v) is 9.06. The molecule has 0 radical (unpaired) electrons. The second-order valence-corrected chi connectivity index (χ2v) is 4.49. The summed E-state index contributed by atoms with van der Waals surface area (Å²) in [6, 6.07) is 3.97. The summed E-state index contributed by atoms with van der Waals surface area (Å²) in [5.41, 5.74) is 0. The Morgan fingerprint density at radius 3 is 2.71 bits per heavy atom. The van der Waals surface area contributed by atoms with Crippen molar-refractivity contribution < 1.29 is 4.79 Å². The first-order valence-corrected chi connectivity index (χ1v) is 5.65. The van der Waals surface area contributed by atoms with E-state index in [2.05, 4.69) is 10.2 Å².